The molecule has 0 unspecified atom stereocenters. The predicted octanol–water partition coefficient (Wildman–Crippen LogP) is -0.559. The van der Waals surface area contributed by atoms with Gasteiger partial charge in [0.2, 0.25) is 0 Å². The lowest BCUT2D eigenvalue weighted by Crippen LogP contribution is -2.25. The maximum Gasteiger partial charge on any atom is 0.108 e. The monoisotopic (exact) mass is 152 g/mol. The largest absolute Gasteiger partial charge is 0.747 e. The van der Waals surface area contributed by atoms with Gasteiger partial charge in [0.1, 0.15) is 10.1 Å². The zero-order valence-corrected chi connectivity index (χ0v) is 6.31. The first-order valence-electron chi connectivity index (χ1n) is 2.58. The number of nitrogens with zero attached hydrogens (tertiary/aromatic N) is 1. The molecule has 0 aromatic heterocycles. The first-order valence-corrected chi connectivity index (χ1v) is 4.15. The van der Waals surface area contributed by atoms with Gasteiger partial charge in [-0.25, -0.2) is 8.42 Å². The van der Waals surface area contributed by atoms with Crippen LogP contribution in [0.5, 0.6) is 0 Å². The van der Waals surface area contributed by atoms with Crippen LogP contribution in [-0.4, -0.2) is 37.3 Å². The lowest BCUT2D eigenvalue weighted by molar-refractivity contribution is 0.372. The fourth-order valence-corrected chi connectivity index (χ4v) is 1.08. The van der Waals surface area contributed by atoms with Crippen LogP contribution in [0, 0.1) is 0 Å². The van der Waals surface area contributed by atoms with Crippen molar-refractivity contribution in [3.63, 3.8) is 0 Å². The summed E-state index contributed by atoms with van der Waals surface area (Å²) in [4.78, 5) is 1.43. The molecule has 5 heteroatoms. The molecule has 0 fully saturated rings. The summed E-state index contributed by atoms with van der Waals surface area (Å²) in [5.41, 5.74) is 0. The third-order valence-electron chi connectivity index (χ3n) is 0.918. The molecule has 0 N–H and O–H groups in total. The molecule has 0 aliphatic rings. The summed E-state index contributed by atoms with van der Waals surface area (Å²) in [6, 6.07) is 0. The SMILES string of the molecule is CCN(C)CS(=O)(=O)[O-]. The Morgan fingerprint density at radius 2 is 2.00 bits per heavy atom. The minimum Gasteiger partial charge on any atom is -0.747 e. The molecule has 9 heavy (non-hydrogen) atoms. The Bertz CT molecular complexity index is 163. The molecule has 0 radical (unpaired) electrons. The van der Waals surface area contributed by atoms with E-state index in [1.165, 1.54) is 4.90 Å². The zero-order valence-electron chi connectivity index (χ0n) is 5.49. The van der Waals surface area contributed by atoms with Crippen molar-refractivity contribution in [1.29, 1.82) is 0 Å². The van der Waals surface area contributed by atoms with Crippen molar-refractivity contribution in [1.82, 2.24) is 4.90 Å². The van der Waals surface area contributed by atoms with Gasteiger partial charge < -0.3 is 4.55 Å². The average Bonchev–Trinajstić information content (AvgIpc) is 1.62. The number of hydrogen-bond donors (Lipinski definition) is 0. The van der Waals surface area contributed by atoms with Crippen LogP contribution in [0.4, 0.5) is 0 Å². The van der Waals surface area contributed by atoms with E-state index in [-0.39, 0.29) is 0 Å². The average molecular weight is 152 g/mol. The van der Waals surface area contributed by atoms with Crippen molar-refractivity contribution in [2.45, 2.75) is 6.92 Å². The fraction of sp³-hybridized carbons (Fsp3) is 1.00. The number of hydrogen-bond acceptors (Lipinski definition) is 4. The van der Waals surface area contributed by atoms with E-state index < -0.39 is 16.0 Å². The maximum atomic E-state index is 10.0. The maximum absolute atomic E-state index is 10.0. The second kappa shape index (κ2) is 3.14. The smallest absolute Gasteiger partial charge is 0.108 e. The molecule has 0 aliphatic carbocycles. The first-order chi connectivity index (χ1) is 3.95. The molecule has 0 amide bonds. The molecular weight excluding hydrogens is 142 g/mol. The molecule has 0 spiro atoms. The predicted molar refractivity (Wildman–Crippen MR) is 32.9 cm³/mol. The van der Waals surface area contributed by atoms with Crippen molar-refractivity contribution >= 4 is 10.1 Å². The highest BCUT2D eigenvalue weighted by Gasteiger charge is 1.97. The third-order valence-corrected chi connectivity index (χ3v) is 1.68. The van der Waals surface area contributed by atoms with E-state index in [1.54, 1.807) is 14.0 Å². The van der Waals surface area contributed by atoms with Crippen LogP contribution in [0.3, 0.4) is 0 Å². The van der Waals surface area contributed by atoms with Crippen LogP contribution in [0.2, 0.25) is 0 Å². The van der Waals surface area contributed by atoms with E-state index in [2.05, 4.69) is 0 Å². The van der Waals surface area contributed by atoms with Gasteiger partial charge in [-0.05, 0) is 13.6 Å². The molecule has 4 nitrogen and oxygen atoms in total. The molecule has 0 atom stereocenters. The summed E-state index contributed by atoms with van der Waals surface area (Å²) in [7, 11) is -2.48. The van der Waals surface area contributed by atoms with Crippen LogP contribution in [0.15, 0.2) is 0 Å². The van der Waals surface area contributed by atoms with Crippen molar-refractivity contribution < 1.29 is 13.0 Å². The Morgan fingerprint density at radius 3 is 2.11 bits per heavy atom. The van der Waals surface area contributed by atoms with Crippen molar-refractivity contribution in [2.24, 2.45) is 0 Å². The Labute approximate surface area is 55.2 Å². The highest BCUT2D eigenvalue weighted by Crippen LogP contribution is 1.86. The number of rotatable bonds is 3. The molecule has 0 rings (SSSR count). The van der Waals surface area contributed by atoms with Crippen LogP contribution in [-0.2, 0) is 10.1 Å². The van der Waals surface area contributed by atoms with E-state index in [0.717, 1.165) is 0 Å². The molecule has 0 aromatic rings. The van der Waals surface area contributed by atoms with Gasteiger partial charge in [-0.2, -0.15) is 0 Å². The minimum absolute atomic E-state index is 0.399. The Morgan fingerprint density at radius 1 is 1.56 bits per heavy atom. The quantitative estimate of drug-likeness (QED) is 0.509. The highest BCUT2D eigenvalue weighted by molar-refractivity contribution is 7.85. The van der Waals surface area contributed by atoms with Crippen molar-refractivity contribution in [3.05, 3.63) is 0 Å². The fourth-order valence-electron chi connectivity index (χ4n) is 0.361. The Hall–Kier alpha value is -0.130. The van der Waals surface area contributed by atoms with E-state index in [1.807, 2.05) is 0 Å². The van der Waals surface area contributed by atoms with Gasteiger partial charge in [-0.1, -0.05) is 6.92 Å². The molecule has 0 saturated carbocycles. The topological polar surface area (TPSA) is 60.4 Å². The summed E-state index contributed by atoms with van der Waals surface area (Å²) in [6.45, 7) is 2.35. The van der Waals surface area contributed by atoms with Crippen molar-refractivity contribution in [3.8, 4) is 0 Å². The van der Waals surface area contributed by atoms with Gasteiger partial charge in [0.15, 0.2) is 0 Å². The van der Waals surface area contributed by atoms with Gasteiger partial charge in [0, 0.05) is 0 Å². The molecule has 0 saturated heterocycles. The molecule has 0 aliphatic heterocycles. The first kappa shape index (κ1) is 8.87. The third kappa shape index (κ3) is 5.75. The van der Waals surface area contributed by atoms with Gasteiger partial charge in [-0.15, -0.1) is 0 Å². The van der Waals surface area contributed by atoms with E-state index in [9.17, 15) is 13.0 Å². The van der Waals surface area contributed by atoms with Crippen LogP contribution < -0.4 is 0 Å². The van der Waals surface area contributed by atoms with Gasteiger partial charge in [0.25, 0.3) is 0 Å². The van der Waals surface area contributed by atoms with Crippen LogP contribution in [0.25, 0.3) is 0 Å². The van der Waals surface area contributed by atoms with Crippen LogP contribution >= 0.6 is 0 Å². The lowest BCUT2D eigenvalue weighted by Gasteiger charge is -2.15. The second-order valence-electron chi connectivity index (χ2n) is 1.86. The standard InChI is InChI=1S/C4H11NO3S/c1-3-5(2)4-9(6,7)8/h3-4H2,1-2H3,(H,6,7,8)/p-1. The molecule has 0 aromatic carbocycles. The minimum atomic E-state index is -4.06. The van der Waals surface area contributed by atoms with E-state index >= 15 is 0 Å². The summed E-state index contributed by atoms with van der Waals surface area (Å²) >= 11 is 0. The van der Waals surface area contributed by atoms with Gasteiger partial charge in [0.05, 0.1) is 5.88 Å². The lowest BCUT2D eigenvalue weighted by atomic mass is 10.7. The van der Waals surface area contributed by atoms with E-state index in [4.69, 9.17) is 0 Å². The Balaban J connectivity index is 3.75. The normalized spacial score (nSPS) is 12.4. The summed E-state index contributed by atoms with van der Waals surface area (Å²) in [5, 5.41) is 0. The summed E-state index contributed by atoms with van der Waals surface area (Å²) < 4.78 is 30.0. The van der Waals surface area contributed by atoms with Crippen molar-refractivity contribution in [2.75, 3.05) is 19.5 Å². The van der Waals surface area contributed by atoms with E-state index in [0.29, 0.717) is 6.54 Å². The van der Waals surface area contributed by atoms with Crippen LogP contribution in [0.1, 0.15) is 6.92 Å². The molecule has 56 valence electrons. The van der Waals surface area contributed by atoms with Gasteiger partial charge >= 0.3 is 0 Å². The molecular formula is C4H10NO3S-. The molecule has 0 heterocycles. The zero-order chi connectivity index (χ0) is 7.49. The summed E-state index contributed by atoms with van der Waals surface area (Å²) in [5.74, 6) is -0.399. The Kier molecular flexibility index (Phi) is 3.10. The molecule has 0 bridgehead atoms. The second-order valence-corrected chi connectivity index (χ2v) is 3.23. The summed E-state index contributed by atoms with van der Waals surface area (Å²) in [6.07, 6.45) is 0. The highest BCUT2D eigenvalue weighted by atomic mass is 32.2. The van der Waals surface area contributed by atoms with Gasteiger partial charge in [-0.3, -0.25) is 4.90 Å².